The van der Waals surface area contributed by atoms with Crippen LogP contribution in [0.25, 0.3) is 0 Å². The molecule has 0 radical (unpaired) electrons. The van der Waals surface area contributed by atoms with Crippen LogP contribution in [0.2, 0.25) is 0 Å². The SMILES string of the molecule is CCCCCC(C)C(=O)OC1CN1. The molecule has 13 heavy (non-hydrogen) atoms. The molecular formula is C10H19NO2. The Morgan fingerprint density at radius 2 is 2.31 bits per heavy atom. The molecule has 0 spiro atoms. The molecule has 0 saturated carbocycles. The Balaban J connectivity index is 2.05. The van der Waals surface area contributed by atoms with Crippen LogP contribution in [-0.2, 0) is 9.53 Å². The molecule has 1 aliphatic heterocycles. The van der Waals surface area contributed by atoms with Gasteiger partial charge in [-0.05, 0) is 6.42 Å². The molecule has 2 unspecified atom stereocenters. The highest BCUT2D eigenvalue weighted by molar-refractivity contribution is 5.72. The van der Waals surface area contributed by atoms with E-state index in [1.165, 1.54) is 12.8 Å². The van der Waals surface area contributed by atoms with E-state index in [2.05, 4.69) is 12.2 Å². The van der Waals surface area contributed by atoms with Crippen LogP contribution in [0.4, 0.5) is 0 Å². The smallest absolute Gasteiger partial charge is 0.310 e. The lowest BCUT2D eigenvalue weighted by molar-refractivity contribution is -0.149. The average molecular weight is 185 g/mol. The standard InChI is InChI=1S/C10H19NO2/c1-3-4-5-6-8(2)10(12)13-9-7-11-9/h8-9,11H,3-7H2,1-2H3. The Kier molecular flexibility index (Phi) is 4.22. The van der Waals surface area contributed by atoms with Gasteiger partial charge in [0, 0.05) is 6.54 Å². The van der Waals surface area contributed by atoms with Crippen molar-refractivity contribution in [3.05, 3.63) is 0 Å². The second-order valence-electron chi connectivity index (χ2n) is 3.73. The molecule has 0 aliphatic carbocycles. The summed E-state index contributed by atoms with van der Waals surface area (Å²) in [5.41, 5.74) is 0. The molecule has 1 rings (SSSR count). The number of carbonyl (C=O) groups is 1. The van der Waals surface area contributed by atoms with Crippen molar-refractivity contribution in [3.8, 4) is 0 Å². The number of unbranched alkanes of at least 4 members (excludes halogenated alkanes) is 2. The van der Waals surface area contributed by atoms with Crippen molar-refractivity contribution in [2.24, 2.45) is 5.92 Å². The number of carbonyl (C=O) groups excluding carboxylic acids is 1. The number of hydrogen-bond donors (Lipinski definition) is 1. The normalized spacial score (nSPS) is 22.5. The Hall–Kier alpha value is -0.570. The van der Waals surface area contributed by atoms with Gasteiger partial charge in [0.25, 0.3) is 0 Å². The second-order valence-corrected chi connectivity index (χ2v) is 3.73. The molecule has 0 aromatic heterocycles. The van der Waals surface area contributed by atoms with E-state index in [-0.39, 0.29) is 18.1 Å². The van der Waals surface area contributed by atoms with Gasteiger partial charge < -0.3 is 4.74 Å². The lowest BCUT2D eigenvalue weighted by Gasteiger charge is -2.09. The molecule has 2 atom stereocenters. The maximum absolute atomic E-state index is 11.3. The fraction of sp³-hybridized carbons (Fsp3) is 0.900. The van der Waals surface area contributed by atoms with E-state index in [0.29, 0.717) is 0 Å². The summed E-state index contributed by atoms with van der Waals surface area (Å²) in [7, 11) is 0. The molecule has 0 aromatic rings. The van der Waals surface area contributed by atoms with Crippen molar-refractivity contribution >= 4 is 5.97 Å². The van der Waals surface area contributed by atoms with Crippen LogP contribution in [0.5, 0.6) is 0 Å². The van der Waals surface area contributed by atoms with Crippen molar-refractivity contribution in [2.45, 2.75) is 45.8 Å². The lowest BCUT2D eigenvalue weighted by Crippen LogP contribution is -2.17. The highest BCUT2D eigenvalue weighted by Crippen LogP contribution is 2.13. The van der Waals surface area contributed by atoms with Crippen LogP contribution >= 0.6 is 0 Å². The van der Waals surface area contributed by atoms with Crippen molar-refractivity contribution in [3.63, 3.8) is 0 Å². The van der Waals surface area contributed by atoms with Crippen molar-refractivity contribution < 1.29 is 9.53 Å². The molecule has 0 amide bonds. The quantitative estimate of drug-likeness (QED) is 0.389. The van der Waals surface area contributed by atoms with Gasteiger partial charge in [0.05, 0.1) is 5.92 Å². The fourth-order valence-corrected chi connectivity index (χ4v) is 1.21. The van der Waals surface area contributed by atoms with Gasteiger partial charge in [0.15, 0.2) is 6.23 Å². The maximum Gasteiger partial charge on any atom is 0.310 e. The van der Waals surface area contributed by atoms with Crippen molar-refractivity contribution in [1.82, 2.24) is 5.32 Å². The van der Waals surface area contributed by atoms with Crippen LogP contribution in [0.3, 0.4) is 0 Å². The van der Waals surface area contributed by atoms with E-state index in [1.807, 2.05) is 6.92 Å². The van der Waals surface area contributed by atoms with E-state index in [0.717, 1.165) is 19.4 Å². The van der Waals surface area contributed by atoms with Gasteiger partial charge in [0.1, 0.15) is 0 Å². The third kappa shape index (κ3) is 4.27. The third-order valence-corrected chi connectivity index (χ3v) is 2.27. The molecule has 0 aromatic carbocycles. The van der Waals surface area contributed by atoms with Gasteiger partial charge in [-0.15, -0.1) is 0 Å². The lowest BCUT2D eigenvalue weighted by atomic mass is 10.0. The summed E-state index contributed by atoms with van der Waals surface area (Å²) in [6, 6.07) is 0. The van der Waals surface area contributed by atoms with E-state index in [9.17, 15) is 4.79 Å². The minimum Gasteiger partial charge on any atom is -0.445 e. The van der Waals surface area contributed by atoms with Gasteiger partial charge in [0.2, 0.25) is 0 Å². The molecular weight excluding hydrogens is 166 g/mol. The van der Waals surface area contributed by atoms with Gasteiger partial charge in [-0.2, -0.15) is 0 Å². The third-order valence-electron chi connectivity index (χ3n) is 2.27. The van der Waals surface area contributed by atoms with Crippen LogP contribution in [0, 0.1) is 5.92 Å². The van der Waals surface area contributed by atoms with E-state index in [1.54, 1.807) is 0 Å². The van der Waals surface area contributed by atoms with E-state index < -0.39 is 0 Å². The van der Waals surface area contributed by atoms with Crippen molar-refractivity contribution in [2.75, 3.05) is 6.54 Å². The first-order valence-corrected chi connectivity index (χ1v) is 5.18. The molecule has 1 saturated heterocycles. The predicted molar refractivity (Wildman–Crippen MR) is 51.2 cm³/mol. The zero-order valence-corrected chi connectivity index (χ0v) is 8.51. The first-order valence-electron chi connectivity index (χ1n) is 5.18. The first kappa shape index (κ1) is 10.5. The largest absolute Gasteiger partial charge is 0.445 e. The van der Waals surface area contributed by atoms with Crippen LogP contribution in [-0.4, -0.2) is 18.7 Å². The molecule has 1 aliphatic rings. The highest BCUT2D eigenvalue weighted by atomic mass is 16.6. The molecule has 3 nitrogen and oxygen atoms in total. The average Bonchev–Trinajstić information content (AvgIpc) is 2.88. The molecule has 3 heteroatoms. The highest BCUT2D eigenvalue weighted by Gasteiger charge is 2.26. The molecule has 76 valence electrons. The van der Waals surface area contributed by atoms with Crippen LogP contribution < -0.4 is 5.32 Å². The zero-order valence-electron chi connectivity index (χ0n) is 8.51. The summed E-state index contributed by atoms with van der Waals surface area (Å²) in [5, 5.41) is 2.94. The number of nitrogens with one attached hydrogen (secondary N) is 1. The van der Waals surface area contributed by atoms with Gasteiger partial charge >= 0.3 is 5.97 Å². The minimum atomic E-state index is -0.0499. The summed E-state index contributed by atoms with van der Waals surface area (Å²) in [6.45, 7) is 4.94. The Bertz CT molecular complexity index is 166. The summed E-state index contributed by atoms with van der Waals surface area (Å²) in [5.74, 6) is 0.0139. The van der Waals surface area contributed by atoms with Gasteiger partial charge in [-0.3, -0.25) is 10.1 Å². The second kappa shape index (κ2) is 5.22. The topological polar surface area (TPSA) is 48.2 Å². The molecule has 0 bridgehead atoms. The fourth-order valence-electron chi connectivity index (χ4n) is 1.21. The summed E-state index contributed by atoms with van der Waals surface area (Å²) in [6.07, 6.45) is 4.51. The summed E-state index contributed by atoms with van der Waals surface area (Å²) >= 11 is 0. The van der Waals surface area contributed by atoms with Crippen LogP contribution in [0.1, 0.15) is 39.5 Å². The number of rotatable bonds is 6. The predicted octanol–water partition coefficient (Wildman–Crippen LogP) is 1.68. The number of esters is 1. The Morgan fingerprint density at radius 1 is 1.62 bits per heavy atom. The van der Waals surface area contributed by atoms with Crippen LogP contribution in [0.15, 0.2) is 0 Å². The molecule has 1 heterocycles. The van der Waals surface area contributed by atoms with E-state index >= 15 is 0 Å². The monoisotopic (exact) mass is 185 g/mol. The van der Waals surface area contributed by atoms with Gasteiger partial charge in [-0.1, -0.05) is 33.1 Å². The number of ether oxygens (including phenoxy) is 1. The summed E-state index contributed by atoms with van der Waals surface area (Å²) in [4.78, 5) is 11.3. The van der Waals surface area contributed by atoms with E-state index in [4.69, 9.17) is 4.74 Å². The minimum absolute atomic E-state index is 0.0149. The molecule has 1 N–H and O–H groups in total. The maximum atomic E-state index is 11.3. The Morgan fingerprint density at radius 3 is 2.85 bits per heavy atom. The summed E-state index contributed by atoms with van der Waals surface area (Å²) < 4.78 is 5.10. The molecule has 1 fully saturated rings. The number of hydrogen-bond acceptors (Lipinski definition) is 3. The Labute approximate surface area is 79.8 Å². The van der Waals surface area contributed by atoms with Gasteiger partial charge in [-0.25, -0.2) is 0 Å². The van der Waals surface area contributed by atoms with Crippen molar-refractivity contribution in [1.29, 1.82) is 0 Å². The zero-order chi connectivity index (χ0) is 9.68. The first-order chi connectivity index (χ1) is 6.24.